The molecule has 96 valence electrons. The third-order valence-corrected chi connectivity index (χ3v) is 3.09. The maximum absolute atomic E-state index is 5.47. The molecule has 0 unspecified atom stereocenters. The molecule has 1 aliphatic heterocycles. The minimum atomic E-state index is 0.816. The summed E-state index contributed by atoms with van der Waals surface area (Å²) in [7, 11) is 1.68. The maximum atomic E-state index is 5.47. The van der Waals surface area contributed by atoms with Crippen molar-refractivity contribution in [3.63, 3.8) is 0 Å². The summed E-state index contributed by atoms with van der Waals surface area (Å²) in [6, 6.07) is 11.9. The number of methoxy groups -OCH3 is 1. The van der Waals surface area contributed by atoms with Gasteiger partial charge in [-0.3, -0.25) is 9.98 Å². The molecule has 0 saturated heterocycles. The predicted octanol–water partition coefficient (Wildman–Crippen LogP) is 2.11. The average molecular weight is 253 g/mol. The van der Waals surface area contributed by atoms with Crippen LogP contribution in [0.5, 0.6) is 5.75 Å². The molecular weight excluding hydrogens is 238 g/mol. The standard InChI is InChI=1S/C15H15N3O/c1-19-14-10-11(13-4-2-3-7-16-13)5-6-12(14)15-17-8-9-18-15/h2-7,10H,8-9H2,1H3,(H,17,18). The second-order valence-corrected chi connectivity index (χ2v) is 4.29. The lowest BCUT2D eigenvalue weighted by Crippen LogP contribution is -2.20. The predicted molar refractivity (Wildman–Crippen MR) is 75.6 cm³/mol. The summed E-state index contributed by atoms with van der Waals surface area (Å²) in [5.74, 6) is 1.72. The van der Waals surface area contributed by atoms with Gasteiger partial charge in [0.05, 0.1) is 24.9 Å². The first-order chi connectivity index (χ1) is 9.38. The van der Waals surface area contributed by atoms with Crippen molar-refractivity contribution in [2.75, 3.05) is 20.2 Å². The van der Waals surface area contributed by atoms with E-state index in [0.29, 0.717) is 0 Å². The molecule has 0 spiro atoms. The van der Waals surface area contributed by atoms with Gasteiger partial charge in [-0.15, -0.1) is 0 Å². The lowest BCUT2D eigenvalue weighted by atomic mass is 10.1. The summed E-state index contributed by atoms with van der Waals surface area (Å²) in [6.07, 6.45) is 1.79. The van der Waals surface area contributed by atoms with Crippen LogP contribution < -0.4 is 10.1 Å². The monoisotopic (exact) mass is 253 g/mol. The van der Waals surface area contributed by atoms with Crippen LogP contribution >= 0.6 is 0 Å². The van der Waals surface area contributed by atoms with Crippen LogP contribution in [0, 0.1) is 0 Å². The van der Waals surface area contributed by atoms with Crippen molar-refractivity contribution in [3.8, 4) is 17.0 Å². The van der Waals surface area contributed by atoms with Gasteiger partial charge >= 0.3 is 0 Å². The van der Waals surface area contributed by atoms with Crippen molar-refractivity contribution < 1.29 is 4.74 Å². The molecule has 1 N–H and O–H groups in total. The van der Waals surface area contributed by atoms with E-state index in [1.165, 1.54) is 0 Å². The molecule has 2 aromatic rings. The van der Waals surface area contributed by atoms with Gasteiger partial charge in [-0.1, -0.05) is 12.1 Å². The summed E-state index contributed by atoms with van der Waals surface area (Å²) in [4.78, 5) is 8.78. The maximum Gasteiger partial charge on any atom is 0.132 e. The van der Waals surface area contributed by atoms with Crippen LogP contribution in [-0.2, 0) is 0 Å². The number of aliphatic imine (C=N–C) groups is 1. The Morgan fingerprint density at radius 1 is 1.21 bits per heavy atom. The fourth-order valence-electron chi connectivity index (χ4n) is 2.16. The molecule has 0 saturated carbocycles. The molecule has 2 heterocycles. The summed E-state index contributed by atoms with van der Waals surface area (Å²) in [5, 5.41) is 3.26. The molecule has 1 aromatic heterocycles. The molecule has 4 nitrogen and oxygen atoms in total. The lowest BCUT2D eigenvalue weighted by molar-refractivity contribution is 0.414. The van der Waals surface area contributed by atoms with Crippen LogP contribution in [0.15, 0.2) is 47.6 Å². The van der Waals surface area contributed by atoms with E-state index in [-0.39, 0.29) is 0 Å². The molecule has 0 fully saturated rings. The van der Waals surface area contributed by atoms with Crippen molar-refractivity contribution in [3.05, 3.63) is 48.2 Å². The fourth-order valence-corrected chi connectivity index (χ4v) is 2.16. The second-order valence-electron chi connectivity index (χ2n) is 4.29. The number of ether oxygens (including phenoxy) is 1. The molecule has 19 heavy (non-hydrogen) atoms. The van der Waals surface area contributed by atoms with Crippen LogP contribution in [0.3, 0.4) is 0 Å². The highest BCUT2D eigenvalue weighted by Gasteiger charge is 2.14. The Labute approximate surface area is 112 Å². The van der Waals surface area contributed by atoms with E-state index >= 15 is 0 Å². The van der Waals surface area contributed by atoms with Crippen molar-refractivity contribution in [2.45, 2.75) is 0 Å². The van der Waals surface area contributed by atoms with Crippen LogP contribution in [0.4, 0.5) is 0 Å². The highest BCUT2D eigenvalue weighted by atomic mass is 16.5. The van der Waals surface area contributed by atoms with E-state index in [9.17, 15) is 0 Å². The highest BCUT2D eigenvalue weighted by molar-refractivity contribution is 6.02. The van der Waals surface area contributed by atoms with E-state index in [4.69, 9.17) is 4.74 Å². The van der Waals surface area contributed by atoms with Gasteiger partial charge in [0.25, 0.3) is 0 Å². The number of nitrogens with one attached hydrogen (secondary N) is 1. The molecule has 1 aliphatic rings. The number of nitrogens with zero attached hydrogens (tertiary/aromatic N) is 2. The number of rotatable bonds is 3. The van der Waals surface area contributed by atoms with Crippen molar-refractivity contribution in [1.29, 1.82) is 0 Å². The third kappa shape index (κ3) is 2.29. The number of hydrogen-bond acceptors (Lipinski definition) is 4. The summed E-state index contributed by atoms with van der Waals surface area (Å²) < 4.78 is 5.47. The van der Waals surface area contributed by atoms with Crippen molar-refractivity contribution >= 4 is 5.84 Å². The van der Waals surface area contributed by atoms with Crippen molar-refractivity contribution in [2.24, 2.45) is 4.99 Å². The third-order valence-electron chi connectivity index (χ3n) is 3.09. The SMILES string of the molecule is COc1cc(-c2ccccn2)ccc1C1=NCCN1. The Kier molecular flexibility index (Phi) is 3.14. The van der Waals surface area contributed by atoms with Crippen LogP contribution in [-0.4, -0.2) is 31.0 Å². The van der Waals surface area contributed by atoms with Gasteiger partial charge in [-0.2, -0.15) is 0 Å². The van der Waals surface area contributed by atoms with Crippen LogP contribution in [0.1, 0.15) is 5.56 Å². The topological polar surface area (TPSA) is 46.5 Å². The Morgan fingerprint density at radius 3 is 2.84 bits per heavy atom. The molecule has 0 radical (unpaired) electrons. The number of hydrogen-bond donors (Lipinski definition) is 1. The Bertz CT molecular complexity index is 608. The zero-order valence-electron chi connectivity index (χ0n) is 10.8. The van der Waals surface area contributed by atoms with Crippen molar-refractivity contribution in [1.82, 2.24) is 10.3 Å². The van der Waals surface area contributed by atoms with Gasteiger partial charge in [-0.25, -0.2) is 0 Å². The van der Waals surface area contributed by atoms with Gasteiger partial charge in [0.1, 0.15) is 11.6 Å². The summed E-state index contributed by atoms with van der Waals surface area (Å²) in [5.41, 5.74) is 2.98. The molecule has 1 aromatic carbocycles. The van der Waals surface area contributed by atoms with Crippen LogP contribution in [0.2, 0.25) is 0 Å². The van der Waals surface area contributed by atoms with Gasteiger partial charge in [0.2, 0.25) is 0 Å². The molecule has 0 bridgehead atoms. The second kappa shape index (κ2) is 5.10. The van der Waals surface area contributed by atoms with E-state index in [0.717, 1.165) is 41.5 Å². The molecular formula is C15H15N3O. The van der Waals surface area contributed by atoms with Gasteiger partial charge in [-0.05, 0) is 24.3 Å². The first-order valence-electron chi connectivity index (χ1n) is 6.26. The quantitative estimate of drug-likeness (QED) is 0.911. The lowest BCUT2D eigenvalue weighted by Gasteiger charge is -2.11. The van der Waals surface area contributed by atoms with E-state index < -0.39 is 0 Å². The van der Waals surface area contributed by atoms with E-state index in [2.05, 4.69) is 15.3 Å². The van der Waals surface area contributed by atoms with E-state index in [1.807, 2.05) is 36.4 Å². The van der Waals surface area contributed by atoms with Gasteiger partial charge in [0, 0.05) is 18.3 Å². The zero-order valence-corrected chi connectivity index (χ0v) is 10.8. The smallest absolute Gasteiger partial charge is 0.132 e. The molecule has 3 rings (SSSR count). The summed E-state index contributed by atoms with van der Waals surface area (Å²) in [6.45, 7) is 1.71. The molecule has 4 heteroatoms. The Balaban J connectivity index is 2.02. The number of benzene rings is 1. The molecule has 0 amide bonds. The Hall–Kier alpha value is -2.36. The first-order valence-corrected chi connectivity index (χ1v) is 6.26. The molecule has 0 aliphatic carbocycles. The largest absolute Gasteiger partial charge is 0.496 e. The normalized spacial score (nSPS) is 13.8. The minimum Gasteiger partial charge on any atom is -0.496 e. The first kappa shape index (κ1) is 11.7. The minimum absolute atomic E-state index is 0.816. The van der Waals surface area contributed by atoms with Gasteiger partial charge in [0.15, 0.2) is 0 Å². The molecule has 0 atom stereocenters. The zero-order chi connectivity index (χ0) is 13.1. The van der Waals surface area contributed by atoms with Crippen LogP contribution in [0.25, 0.3) is 11.3 Å². The number of pyridine rings is 1. The Morgan fingerprint density at radius 2 is 2.16 bits per heavy atom. The fraction of sp³-hybridized carbons (Fsp3) is 0.200. The van der Waals surface area contributed by atoms with E-state index in [1.54, 1.807) is 13.3 Å². The summed E-state index contributed by atoms with van der Waals surface area (Å²) >= 11 is 0. The number of aromatic nitrogens is 1. The average Bonchev–Trinajstić information content (AvgIpc) is 3.01. The number of amidine groups is 1. The highest BCUT2D eigenvalue weighted by Crippen LogP contribution is 2.26. The van der Waals surface area contributed by atoms with Gasteiger partial charge < -0.3 is 10.1 Å².